The van der Waals surface area contributed by atoms with Crippen molar-refractivity contribution in [3.05, 3.63) is 176 Å². The Morgan fingerprint density at radius 1 is 0.294 bits per heavy atom. The number of hydrogen-bond acceptors (Lipinski definition) is 0. The summed E-state index contributed by atoms with van der Waals surface area (Å²) in [6, 6.07) is 65.4. The first-order valence-electron chi connectivity index (χ1n) is 17.8. The van der Waals surface area contributed by atoms with Crippen LogP contribution >= 0.6 is 0 Å². The van der Waals surface area contributed by atoms with E-state index in [0.29, 0.717) is 0 Å². The Morgan fingerprint density at radius 2 is 0.882 bits per heavy atom. The van der Waals surface area contributed by atoms with Gasteiger partial charge < -0.3 is 4.57 Å². The van der Waals surface area contributed by atoms with E-state index in [9.17, 15) is 0 Å². The predicted molar refractivity (Wildman–Crippen MR) is 218 cm³/mol. The molecule has 1 aromatic heterocycles. The lowest BCUT2D eigenvalue weighted by atomic mass is 9.87. The highest BCUT2D eigenvalue weighted by molar-refractivity contribution is 6.43. The molecular weight excluding hydrogens is 615 g/mol. The third-order valence-electron chi connectivity index (χ3n) is 11.5. The molecule has 0 N–H and O–H groups in total. The summed E-state index contributed by atoms with van der Waals surface area (Å²) in [7, 11) is 0. The second kappa shape index (κ2) is 9.94. The summed E-state index contributed by atoms with van der Waals surface area (Å²) >= 11 is 0. The van der Waals surface area contributed by atoms with Crippen LogP contribution in [0.3, 0.4) is 0 Å². The van der Waals surface area contributed by atoms with E-state index in [2.05, 4.69) is 180 Å². The Kier molecular flexibility index (Phi) is 5.29. The molecule has 51 heavy (non-hydrogen) atoms. The molecule has 0 aliphatic heterocycles. The van der Waals surface area contributed by atoms with Gasteiger partial charge in [0.1, 0.15) is 0 Å². The molecule has 234 valence electrons. The number of fused-ring (bicyclic) bond motifs is 16. The summed E-state index contributed by atoms with van der Waals surface area (Å²) < 4.78 is 2.50. The maximum absolute atomic E-state index is 2.50. The highest BCUT2D eigenvalue weighted by Crippen LogP contribution is 2.50. The minimum absolute atomic E-state index is 1.17. The Balaban J connectivity index is 1.27. The molecular formula is C50H29N. The topological polar surface area (TPSA) is 4.93 Å². The first kappa shape index (κ1) is 27.2. The average Bonchev–Trinajstić information content (AvgIpc) is 3.72. The fourth-order valence-electron chi connectivity index (χ4n) is 9.38. The summed E-state index contributed by atoms with van der Waals surface area (Å²) in [6.45, 7) is 0. The van der Waals surface area contributed by atoms with Gasteiger partial charge in [-0.25, -0.2) is 0 Å². The van der Waals surface area contributed by atoms with Crippen LogP contribution in [0.2, 0.25) is 0 Å². The number of rotatable bonds is 2. The molecule has 0 saturated heterocycles. The van der Waals surface area contributed by atoms with Gasteiger partial charge in [0.25, 0.3) is 0 Å². The molecule has 0 fully saturated rings. The second-order valence-corrected chi connectivity index (χ2v) is 14.0. The molecule has 1 heterocycles. The zero-order valence-electron chi connectivity index (χ0n) is 27.7. The van der Waals surface area contributed by atoms with Gasteiger partial charge in [0.2, 0.25) is 0 Å². The zero-order valence-corrected chi connectivity index (χ0v) is 27.7. The summed E-state index contributed by atoms with van der Waals surface area (Å²) in [5, 5.41) is 15.6. The third kappa shape index (κ3) is 3.55. The van der Waals surface area contributed by atoms with Gasteiger partial charge in [0.05, 0.1) is 11.0 Å². The lowest BCUT2D eigenvalue weighted by Gasteiger charge is -2.17. The van der Waals surface area contributed by atoms with Crippen LogP contribution in [-0.2, 0) is 0 Å². The Labute approximate surface area is 294 Å². The summed E-state index contributed by atoms with van der Waals surface area (Å²) in [4.78, 5) is 0. The lowest BCUT2D eigenvalue weighted by Crippen LogP contribution is -1.95. The minimum Gasteiger partial charge on any atom is -0.309 e. The molecule has 12 rings (SSSR count). The molecule has 0 saturated carbocycles. The van der Waals surface area contributed by atoms with E-state index >= 15 is 0 Å². The molecule has 0 spiro atoms. The van der Waals surface area contributed by atoms with E-state index in [1.54, 1.807) is 0 Å². The molecule has 0 amide bonds. The van der Waals surface area contributed by atoms with Crippen molar-refractivity contribution < 1.29 is 0 Å². The van der Waals surface area contributed by atoms with E-state index in [-0.39, 0.29) is 0 Å². The molecule has 1 heteroatoms. The van der Waals surface area contributed by atoms with Gasteiger partial charge in [-0.15, -0.1) is 0 Å². The minimum atomic E-state index is 1.17. The van der Waals surface area contributed by atoms with E-state index in [0.717, 1.165) is 0 Å². The molecule has 1 nitrogen and oxygen atoms in total. The molecule has 1 aliphatic carbocycles. The van der Waals surface area contributed by atoms with E-state index in [4.69, 9.17) is 0 Å². The van der Waals surface area contributed by atoms with Crippen LogP contribution < -0.4 is 0 Å². The third-order valence-corrected chi connectivity index (χ3v) is 11.5. The average molecular weight is 644 g/mol. The van der Waals surface area contributed by atoms with Crippen LogP contribution in [0.1, 0.15) is 0 Å². The molecule has 0 unspecified atom stereocenters. The molecule has 10 aromatic carbocycles. The Hall–Kier alpha value is -6.70. The smallest absolute Gasteiger partial charge is 0.0626 e. The maximum Gasteiger partial charge on any atom is 0.0626 e. The number of aromatic nitrogens is 1. The Morgan fingerprint density at radius 3 is 1.65 bits per heavy atom. The number of nitrogens with zero attached hydrogens (tertiary/aromatic N) is 1. The van der Waals surface area contributed by atoms with Crippen molar-refractivity contribution in [1.29, 1.82) is 0 Å². The van der Waals surface area contributed by atoms with Gasteiger partial charge in [0, 0.05) is 27.2 Å². The maximum atomic E-state index is 2.50. The SMILES string of the molecule is c1ccc(-n2c3ccccc3c3c4c5ccccc5c5ccccc5c4c4ccc(-c5ccc6c(c5)-c5cccc7cccc-6c57)cc4c32)cc1. The van der Waals surface area contributed by atoms with Gasteiger partial charge in [-0.05, 0) is 107 Å². The monoisotopic (exact) mass is 643 g/mol. The van der Waals surface area contributed by atoms with Crippen LogP contribution in [0, 0.1) is 0 Å². The summed E-state index contributed by atoms with van der Waals surface area (Å²) in [5.74, 6) is 0. The Bertz CT molecular complexity index is 3280. The van der Waals surface area contributed by atoms with Crippen molar-refractivity contribution >= 4 is 75.7 Å². The number of hydrogen-bond donors (Lipinski definition) is 0. The first-order chi connectivity index (χ1) is 25.3. The highest BCUT2D eigenvalue weighted by Gasteiger charge is 2.24. The van der Waals surface area contributed by atoms with Crippen LogP contribution in [0.25, 0.3) is 115 Å². The molecule has 0 atom stereocenters. The van der Waals surface area contributed by atoms with Crippen molar-refractivity contribution in [3.8, 4) is 39.1 Å². The van der Waals surface area contributed by atoms with Crippen molar-refractivity contribution in [2.75, 3.05) is 0 Å². The van der Waals surface area contributed by atoms with Crippen molar-refractivity contribution in [1.82, 2.24) is 4.57 Å². The fraction of sp³-hybridized carbons (Fsp3) is 0. The first-order valence-corrected chi connectivity index (χ1v) is 17.8. The van der Waals surface area contributed by atoms with Gasteiger partial charge in [0.15, 0.2) is 0 Å². The van der Waals surface area contributed by atoms with Gasteiger partial charge in [-0.3, -0.25) is 0 Å². The normalized spacial score (nSPS) is 12.3. The van der Waals surface area contributed by atoms with E-state index in [1.807, 2.05) is 0 Å². The van der Waals surface area contributed by atoms with E-state index in [1.165, 1.54) is 115 Å². The molecule has 0 radical (unpaired) electrons. The van der Waals surface area contributed by atoms with Crippen LogP contribution in [0.4, 0.5) is 0 Å². The van der Waals surface area contributed by atoms with Crippen molar-refractivity contribution in [2.45, 2.75) is 0 Å². The lowest BCUT2D eigenvalue weighted by molar-refractivity contribution is 1.19. The highest BCUT2D eigenvalue weighted by atomic mass is 15.0. The molecule has 0 bridgehead atoms. The summed E-state index contributed by atoms with van der Waals surface area (Å²) in [6.07, 6.45) is 0. The largest absolute Gasteiger partial charge is 0.309 e. The molecule has 11 aromatic rings. The summed E-state index contributed by atoms with van der Waals surface area (Å²) in [5.41, 5.74) is 11.4. The zero-order chi connectivity index (χ0) is 33.2. The quantitative estimate of drug-likeness (QED) is 0.165. The van der Waals surface area contributed by atoms with Crippen LogP contribution in [0.5, 0.6) is 0 Å². The van der Waals surface area contributed by atoms with Gasteiger partial charge in [-0.2, -0.15) is 0 Å². The van der Waals surface area contributed by atoms with Crippen molar-refractivity contribution in [3.63, 3.8) is 0 Å². The van der Waals surface area contributed by atoms with Crippen LogP contribution in [-0.4, -0.2) is 4.57 Å². The standard InChI is InChI=1S/C50H29N/c1-2-14-33(15-3-1)51-45-23-9-8-20-42(45)49-48-39-19-7-5-17-35(39)34-16-4-6-18-38(34)47(48)41-27-25-32(29-44(41)50(49)51)31-24-26-36-37-21-10-12-30-13-11-22-40(46(30)37)43(36)28-31/h1-29H. The van der Waals surface area contributed by atoms with Gasteiger partial charge in [-0.1, -0.05) is 146 Å². The predicted octanol–water partition coefficient (Wildman–Crippen LogP) is 13.9. The number of benzene rings is 10. The second-order valence-electron chi connectivity index (χ2n) is 14.0. The molecule has 1 aliphatic rings. The van der Waals surface area contributed by atoms with E-state index < -0.39 is 0 Å². The number of para-hydroxylation sites is 2. The van der Waals surface area contributed by atoms with Crippen LogP contribution in [0.15, 0.2) is 176 Å². The van der Waals surface area contributed by atoms with Crippen molar-refractivity contribution in [2.24, 2.45) is 0 Å². The fourth-order valence-corrected chi connectivity index (χ4v) is 9.38. The van der Waals surface area contributed by atoms with Gasteiger partial charge >= 0.3 is 0 Å².